The predicted octanol–water partition coefficient (Wildman–Crippen LogP) is 2.70. The molecule has 1 fully saturated rings. The maximum Gasteiger partial charge on any atom is 0.407 e. The highest BCUT2D eigenvalue weighted by atomic mass is 16.4. The third-order valence-electron chi connectivity index (χ3n) is 5.82. The Morgan fingerprint density at radius 2 is 2.10 bits per heavy atom. The third kappa shape index (κ3) is 4.15. The Morgan fingerprint density at radius 1 is 1.35 bits per heavy atom. The number of amides is 1. The number of carbonyl (C=O) groups is 1. The Bertz CT molecular complexity index is 1150. The van der Waals surface area contributed by atoms with Crippen LogP contribution in [0.25, 0.3) is 16.6 Å². The van der Waals surface area contributed by atoms with E-state index in [1.807, 2.05) is 18.2 Å². The van der Waals surface area contributed by atoms with Crippen LogP contribution in [0.3, 0.4) is 0 Å². The lowest BCUT2D eigenvalue weighted by Crippen LogP contribution is -2.48. The van der Waals surface area contributed by atoms with Gasteiger partial charge in [-0.05, 0) is 43.5 Å². The van der Waals surface area contributed by atoms with Crippen LogP contribution in [-0.4, -0.2) is 56.4 Å². The number of anilines is 1. The SMILES string of the molecule is CN(Cc1cc(-c2ccc(N3CCC(C)(N)CC3)nc2)c2c(C#N)cnn2c1)C(=O)O. The highest BCUT2D eigenvalue weighted by Crippen LogP contribution is 2.30. The molecule has 0 aromatic carbocycles. The van der Waals surface area contributed by atoms with Gasteiger partial charge in [0.1, 0.15) is 11.9 Å². The largest absolute Gasteiger partial charge is 0.465 e. The smallest absolute Gasteiger partial charge is 0.407 e. The van der Waals surface area contributed by atoms with E-state index in [0.717, 1.165) is 48.4 Å². The van der Waals surface area contributed by atoms with Gasteiger partial charge in [-0.25, -0.2) is 14.3 Å². The average Bonchev–Trinajstić information content (AvgIpc) is 3.16. The second-order valence-electron chi connectivity index (χ2n) is 8.41. The molecule has 3 N–H and O–H groups in total. The van der Waals surface area contributed by atoms with Crippen molar-refractivity contribution in [3.63, 3.8) is 0 Å². The summed E-state index contributed by atoms with van der Waals surface area (Å²) in [4.78, 5) is 19.3. The summed E-state index contributed by atoms with van der Waals surface area (Å²) in [6, 6.07) is 8.03. The van der Waals surface area contributed by atoms with Crippen LogP contribution in [0.1, 0.15) is 30.9 Å². The minimum Gasteiger partial charge on any atom is -0.465 e. The van der Waals surface area contributed by atoms with Crippen molar-refractivity contribution in [3.05, 3.63) is 47.9 Å². The van der Waals surface area contributed by atoms with Crippen LogP contribution in [-0.2, 0) is 6.54 Å². The normalized spacial score (nSPS) is 15.6. The van der Waals surface area contributed by atoms with Gasteiger partial charge in [-0.3, -0.25) is 0 Å². The number of carboxylic acid groups (broad SMARTS) is 1. The summed E-state index contributed by atoms with van der Waals surface area (Å²) in [5, 5.41) is 23.0. The van der Waals surface area contributed by atoms with Crippen LogP contribution in [0.15, 0.2) is 36.8 Å². The van der Waals surface area contributed by atoms with E-state index in [2.05, 4.69) is 28.0 Å². The van der Waals surface area contributed by atoms with E-state index in [9.17, 15) is 15.2 Å². The van der Waals surface area contributed by atoms with Gasteiger partial charge in [0.2, 0.25) is 0 Å². The molecule has 3 aromatic rings. The molecule has 4 heterocycles. The second-order valence-corrected chi connectivity index (χ2v) is 8.41. The number of nitriles is 1. The third-order valence-corrected chi connectivity index (χ3v) is 5.82. The molecule has 1 saturated heterocycles. The number of hydrogen-bond acceptors (Lipinski definition) is 6. The number of nitrogens with zero attached hydrogens (tertiary/aromatic N) is 6. The predicted molar refractivity (Wildman–Crippen MR) is 117 cm³/mol. The number of hydrogen-bond donors (Lipinski definition) is 2. The number of rotatable bonds is 4. The Labute approximate surface area is 180 Å². The first kappa shape index (κ1) is 20.6. The molecule has 160 valence electrons. The van der Waals surface area contributed by atoms with Crippen LogP contribution >= 0.6 is 0 Å². The molecule has 1 aliphatic heterocycles. The Balaban J connectivity index is 1.70. The number of aromatic nitrogens is 3. The summed E-state index contributed by atoms with van der Waals surface area (Å²) >= 11 is 0. The van der Waals surface area contributed by atoms with Gasteiger partial charge < -0.3 is 20.6 Å². The Hall–Kier alpha value is -3.64. The topological polar surface area (TPSA) is 124 Å². The zero-order valence-corrected chi connectivity index (χ0v) is 17.6. The lowest BCUT2D eigenvalue weighted by molar-refractivity contribution is 0.153. The molecular weight excluding hydrogens is 394 g/mol. The van der Waals surface area contributed by atoms with E-state index in [0.29, 0.717) is 11.1 Å². The minimum atomic E-state index is -1.01. The van der Waals surface area contributed by atoms with E-state index in [1.54, 1.807) is 16.9 Å². The molecule has 0 aliphatic carbocycles. The van der Waals surface area contributed by atoms with Gasteiger partial charge in [0.25, 0.3) is 0 Å². The molecule has 31 heavy (non-hydrogen) atoms. The molecule has 1 aliphatic rings. The standard InChI is InChI=1S/C22H25N7O2/c1-22(24)5-7-28(8-6-22)19-4-3-16(11-25-19)18-9-15(13-27(2)21(30)31)14-29-20(18)17(10-23)12-26-29/h3-4,9,11-12,14H,5-8,13,24H2,1-2H3,(H,30,31). The fourth-order valence-electron chi connectivity index (χ4n) is 3.89. The first-order chi connectivity index (χ1) is 14.8. The zero-order valence-electron chi connectivity index (χ0n) is 17.6. The lowest BCUT2D eigenvalue weighted by atomic mass is 9.91. The van der Waals surface area contributed by atoms with Crippen molar-refractivity contribution in [3.8, 4) is 17.2 Å². The Morgan fingerprint density at radius 3 is 2.71 bits per heavy atom. The molecular formula is C22H25N7O2. The number of nitrogens with two attached hydrogens (primary N) is 1. The molecule has 9 nitrogen and oxygen atoms in total. The van der Waals surface area contributed by atoms with E-state index >= 15 is 0 Å². The number of pyridine rings is 2. The molecule has 3 aromatic heterocycles. The fourth-order valence-corrected chi connectivity index (χ4v) is 3.89. The Kier molecular flexibility index (Phi) is 5.25. The first-order valence-electron chi connectivity index (χ1n) is 10.1. The van der Waals surface area contributed by atoms with Gasteiger partial charge in [0, 0.05) is 49.2 Å². The fraction of sp³-hybridized carbons (Fsp3) is 0.364. The van der Waals surface area contributed by atoms with Crippen molar-refractivity contribution in [2.45, 2.75) is 31.8 Å². The maximum absolute atomic E-state index is 11.2. The maximum atomic E-state index is 11.2. The van der Waals surface area contributed by atoms with Crippen LogP contribution in [0.5, 0.6) is 0 Å². The summed E-state index contributed by atoms with van der Waals surface area (Å²) in [5.74, 6) is 0.894. The van der Waals surface area contributed by atoms with Crippen molar-refractivity contribution in [1.82, 2.24) is 19.5 Å². The van der Waals surface area contributed by atoms with E-state index in [-0.39, 0.29) is 12.1 Å². The molecule has 0 unspecified atom stereocenters. The zero-order chi connectivity index (χ0) is 22.2. The van der Waals surface area contributed by atoms with Crippen molar-refractivity contribution < 1.29 is 9.90 Å². The van der Waals surface area contributed by atoms with Crippen LogP contribution < -0.4 is 10.6 Å². The highest BCUT2D eigenvalue weighted by Gasteiger charge is 2.26. The monoisotopic (exact) mass is 419 g/mol. The molecule has 0 spiro atoms. The van der Waals surface area contributed by atoms with Crippen molar-refractivity contribution in [2.75, 3.05) is 25.0 Å². The van der Waals surface area contributed by atoms with Crippen LogP contribution in [0, 0.1) is 11.3 Å². The first-order valence-corrected chi connectivity index (χ1v) is 10.1. The van der Waals surface area contributed by atoms with Crippen molar-refractivity contribution in [2.24, 2.45) is 5.73 Å². The van der Waals surface area contributed by atoms with Gasteiger partial charge in [-0.1, -0.05) is 0 Å². The molecule has 9 heteroatoms. The summed E-state index contributed by atoms with van der Waals surface area (Å²) in [6.07, 6.45) is 5.87. The number of fused-ring (bicyclic) bond motifs is 1. The van der Waals surface area contributed by atoms with Gasteiger partial charge in [0.15, 0.2) is 0 Å². The van der Waals surface area contributed by atoms with Crippen LogP contribution in [0.4, 0.5) is 10.6 Å². The van der Waals surface area contributed by atoms with Gasteiger partial charge >= 0.3 is 6.09 Å². The molecule has 0 radical (unpaired) electrons. The average molecular weight is 419 g/mol. The van der Waals surface area contributed by atoms with E-state index in [1.165, 1.54) is 18.1 Å². The van der Waals surface area contributed by atoms with E-state index in [4.69, 9.17) is 5.73 Å². The molecule has 0 bridgehead atoms. The van der Waals surface area contributed by atoms with Gasteiger partial charge in [-0.2, -0.15) is 10.4 Å². The second kappa shape index (κ2) is 7.89. The summed E-state index contributed by atoms with van der Waals surface area (Å²) in [6.45, 7) is 4.01. The quantitative estimate of drug-likeness (QED) is 0.666. The van der Waals surface area contributed by atoms with Crippen molar-refractivity contribution >= 4 is 17.4 Å². The molecule has 0 atom stereocenters. The number of piperidine rings is 1. The highest BCUT2D eigenvalue weighted by molar-refractivity contribution is 5.84. The molecule has 0 saturated carbocycles. The van der Waals surface area contributed by atoms with Gasteiger partial charge in [-0.15, -0.1) is 0 Å². The molecule has 4 rings (SSSR count). The molecule has 1 amide bonds. The van der Waals surface area contributed by atoms with Gasteiger partial charge in [0.05, 0.1) is 23.8 Å². The van der Waals surface area contributed by atoms with E-state index < -0.39 is 6.09 Å². The van der Waals surface area contributed by atoms with Crippen LogP contribution in [0.2, 0.25) is 0 Å². The van der Waals surface area contributed by atoms with Crippen molar-refractivity contribution in [1.29, 1.82) is 5.26 Å². The summed E-state index contributed by atoms with van der Waals surface area (Å²) in [7, 11) is 1.51. The summed E-state index contributed by atoms with van der Waals surface area (Å²) in [5.41, 5.74) is 9.64. The summed E-state index contributed by atoms with van der Waals surface area (Å²) < 4.78 is 1.62. The lowest BCUT2D eigenvalue weighted by Gasteiger charge is -2.37. The minimum absolute atomic E-state index is 0.124.